The maximum atomic E-state index is 13.3. The minimum absolute atomic E-state index is 0.00863. The Morgan fingerprint density at radius 3 is 2.00 bits per heavy atom. The van der Waals surface area contributed by atoms with Crippen LogP contribution < -0.4 is 10.6 Å². The molecule has 3 N–H and O–H groups in total. The van der Waals surface area contributed by atoms with Crippen LogP contribution in [0, 0.1) is 0 Å². The Balaban J connectivity index is 1.56. The molecule has 0 saturated heterocycles. The smallest absolute Gasteiger partial charge is 0.416 e. The highest BCUT2D eigenvalue weighted by Crippen LogP contribution is 2.38. The highest BCUT2D eigenvalue weighted by atomic mass is 32.2. The van der Waals surface area contributed by atoms with Crippen LogP contribution in [-0.2, 0) is 11.0 Å². The number of rotatable bonds is 8. The Labute approximate surface area is 225 Å². The van der Waals surface area contributed by atoms with Crippen LogP contribution in [0.25, 0.3) is 0 Å². The first-order chi connectivity index (χ1) is 18.6. The molecule has 6 nitrogen and oxygen atoms in total. The van der Waals surface area contributed by atoms with Crippen molar-refractivity contribution in [2.24, 2.45) is 0 Å². The molecule has 0 heterocycles. The molecule has 10 heteroatoms. The van der Waals surface area contributed by atoms with E-state index in [1.807, 2.05) is 0 Å². The molecule has 0 aliphatic rings. The van der Waals surface area contributed by atoms with Gasteiger partial charge in [0.05, 0.1) is 16.7 Å². The van der Waals surface area contributed by atoms with Crippen molar-refractivity contribution < 1.29 is 32.7 Å². The van der Waals surface area contributed by atoms with Gasteiger partial charge in [-0.1, -0.05) is 54.6 Å². The number of benzene rings is 4. The van der Waals surface area contributed by atoms with Gasteiger partial charge < -0.3 is 15.7 Å². The molecule has 4 rings (SSSR count). The van der Waals surface area contributed by atoms with Gasteiger partial charge in [0.15, 0.2) is 0 Å². The molecule has 0 bridgehead atoms. The number of carboxylic acids is 1. The van der Waals surface area contributed by atoms with Gasteiger partial charge in [0.1, 0.15) is 5.25 Å². The SMILES string of the molecule is O=C(O)c1ccccc1C(=O)Nc1cccc(SC(C(=O)Nc2cccc(C(F)(F)F)c2)c2ccccc2)c1. The Kier molecular flexibility index (Phi) is 8.36. The first kappa shape index (κ1) is 27.5. The van der Waals surface area contributed by atoms with E-state index in [4.69, 9.17) is 0 Å². The Morgan fingerprint density at radius 1 is 0.718 bits per heavy atom. The molecule has 1 atom stereocenters. The fourth-order valence-corrected chi connectivity index (χ4v) is 4.81. The van der Waals surface area contributed by atoms with E-state index in [1.54, 1.807) is 60.7 Å². The van der Waals surface area contributed by atoms with Crippen molar-refractivity contribution >= 4 is 40.9 Å². The molecule has 0 aliphatic heterocycles. The number of carbonyl (C=O) groups is 3. The quantitative estimate of drug-likeness (QED) is 0.203. The van der Waals surface area contributed by atoms with E-state index in [-0.39, 0.29) is 16.8 Å². The van der Waals surface area contributed by atoms with Crippen LogP contribution in [0.2, 0.25) is 0 Å². The molecule has 0 saturated carbocycles. The van der Waals surface area contributed by atoms with Crippen LogP contribution in [0.3, 0.4) is 0 Å². The molecule has 1 unspecified atom stereocenters. The Morgan fingerprint density at radius 2 is 1.33 bits per heavy atom. The summed E-state index contributed by atoms with van der Waals surface area (Å²) in [5.41, 5.74) is -0.0275. The van der Waals surface area contributed by atoms with Gasteiger partial charge in [0.2, 0.25) is 5.91 Å². The van der Waals surface area contributed by atoms with Crippen molar-refractivity contribution in [3.63, 3.8) is 0 Å². The zero-order valence-electron chi connectivity index (χ0n) is 20.1. The number of anilines is 2. The number of amides is 2. The van der Waals surface area contributed by atoms with Crippen LogP contribution in [-0.4, -0.2) is 22.9 Å². The third kappa shape index (κ3) is 7.05. The van der Waals surface area contributed by atoms with Gasteiger partial charge in [-0.2, -0.15) is 13.2 Å². The standard InChI is InChI=1S/C29H21F3N2O4S/c30-29(31,32)19-10-6-11-20(16-19)34-27(36)25(18-8-2-1-3-9-18)39-22-13-7-12-21(17-22)33-26(35)23-14-4-5-15-24(23)28(37)38/h1-17,25H,(H,33,35)(H,34,36)(H,37,38). The van der Waals surface area contributed by atoms with Crippen molar-refractivity contribution in [1.29, 1.82) is 0 Å². The molecule has 198 valence electrons. The van der Waals surface area contributed by atoms with Crippen LogP contribution in [0.4, 0.5) is 24.5 Å². The average molecular weight is 551 g/mol. The van der Waals surface area contributed by atoms with Crippen LogP contribution in [0.15, 0.2) is 108 Å². The van der Waals surface area contributed by atoms with E-state index in [9.17, 15) is 32.7 Å². The molecule has 0 radical (unpaired) electrons. The van der Waals surface area contributed by atoms with Gasteiger partial charge in [-0.25, -0.2) is 4.79 Å². The van der Waals surface area contributed by atoms with Gasteiger partial charge in [-0.3, -0.25) is 9.59 Å². The van der Waals surface area contributed by atoms with Gasteiger partial charge in [0, 0.05) is 16.3 Å². The second-order valence-electron chi connectivity index (χ2n) is 8.31. The van der Waals surface area contributed by atoms with Crippen molar-refractivity contribution in [2.45, 2.75) is 16.3 Å². The summed E-state index contributed by atoms with van der Waals surface area (Å²) in [5.74, 6) is -2.38. The zero-order chi connectivity index (χ0) is 28.0. The number of hydrogen-bond donors (Lipinski definition) is 3. The molecule has 0 fully saturated rings. The fraction of sp³-hybridized carbons (Fsp3) is 0.0690. The molecule has 39 heavy (non-hydrogen) atoms. The summed E-state index contributed by atoms with van der Waals surface area (Å²) in [4.78, 5) is 38.1. The van der Waals surface area contributed by atoms with E-state index in [0.717, 1.165) is 23.9 Å². The number of alkyl halides is 3. The van der Waals surface area contributed by atoms with E-state index in [0.29, 0.717) is 16.1 Å². The third-order valence-corrected chi connectivity index (χ3v) is 6.79. The number of aromatic carboxylic acids is 1. The highest BCUT2D eigenvalue weighted by Gasteiger charge is 2.31. The van der Waals surface area contributed by atoms with E-state index in [1.165, 1.54) is 30.3 Å². The summed E-state index contributed by atoms with van der Waals surface area (Å²) in [5, 5.41) is 13.8. The maximum Gasteiger partial charge on any atom is 0.416 e. The summed E-state index contributed by atoms with van der Waals surface area (Å²) in [6.07, 6.45) is -4.55. The average Bonchev–Trinajstić information content (AvgIpc) is 2.92. The largest absolute Gasteiger partial charge is 0.478 e. The lowest BCUT2D eigenvalue weighted by molar-refractivity contribution is -0.137. The maximum absolute atomic E-state index is 13.3. The highest BCUT2D eigenvalue weighted by molar-refractivity contribution is 8.00. The molecular formula is C29H21F3N2O4S. The molecule has 4 aromatic rings. The minimum atomic E-state index is -4.55. The summed E-state index contributed by atoms with van der Waals surface area (Å²) in [6, 6.07) is 25.6. The number of carboxylic acid groups (broad SMARTS) is 1. The van der Waals surface area contributed by atoms with E-state index < -0.39 is 34.8 Å². The number of thioether (sulfide) groups is 1. The van der Waals surface area contributed by atoms with Crippen molar-refractivity contribution in [3.8, 4) is 0 Å². The summed E-state index contributed by atoms with van der Waals surface area (Å²) in [7, 11) is 0. The Hall–Kier alpha value is -4.57. The van der Waals surface area contributed by atoms with Crippen LogP contribution in [0.1, 0.15) is 37.1 Å². The zero-order valence-corrected chi connectivity index (χ0v) is 20.9. The number of carbonyl (C=O) groups excluding carboxylic acids is 2. The normalized spacial score (nSPS) is 11.9. The summed E-state index contributed by atoms with van der Waals surface area (Å²) >= 11 is 1.14. The Bertz CT molecular complexity index is 1510. The van der Waals surface area contributed by atoms with Gasteiger partial charge in [0.25, 0.3) is 5.91 Å². The van der Waals surface area contributed by atoms with Crippen LogP contribution in [0.5, 0.6) is 0 Å². The lowest BCUT2D eigenvalue weighted by Gasteiger charge is -2.18. The van der Waals surface area contributed by atoms with Crippen molar-refractivity contribution in [1.82, 2.24) is 0 Å². The monoisotopic (exact) mass is 550 g/mol. The molecule has 0 aliphatic carbocycles. The van der Waals surface area contributed by atoms with Crippen LogP contribution >= 0.6 is 11.8 Å². The number of halogens is 3. The third-order valence-electron chi connectivity index (χ3n) is 5.55. The molecular weight excluding hydrogens is 529 g/mol. The molecule has 0 aromatic heterocycles. The fourth-order valence-electron chi connectivity index (χ4n) is 3.73. The summed E-state index contributed by atoms with van der Waals surface area (Å²) in [6.45, 7) is 0. The molecule has 4 aromatic carbocycles. The van der Waals surface area contributed by atoms with Gasteiger partial charge in [-0.05, 0) is 54.1 Å². The predicted octanol–water partition coefficient (Wildman–Crippen LogP) is 7.13. The van der Waals surface area contributed by atoms with E-state index >= 15 is 0 Å². The first-order valence-corrected chi connectivity index (χ1v) is 12.4. The van der Waals surface area contributed by atoms with Crippen molar-refractivity contribution in [3.05, 3.63) is 125 Å². The van der Waals surface area contributed by atoms with E-state index in [2.05, 4.69) is 10.6 Å². The summed E-state index contributed by atoms with van der Waals surface area (Å²) < 4.78 is 39.4. The predicted molar refractivity (Wildman–Crippen MR) is 143 cm³/mol. The minimum Gasteiger partial charge on any atom is -0.478 e. The second kappa shape index (κ2) is 11.9. The first-order valence-electron chi connectivity index (χ1n) is 11.6. The topological polar surface area (TPSA) is 95.5 Å². The lowest BCUT2D eigenvalue weighted by Crippen LogP contribution is -2.19. The lowest BCUT2D eigenvalue weighted by atomic mass is 10.1. The molecule has 0 spiro atoms. The number of nitrogens with one attached hydrogen (secondary N) is 2. The molecule has 2 amide bonds. The number of hydrogen-bond acceptors (Lipinski definition) is 4. The second-order valence-corrected chi connectivity index (χ2v) is 9.49. The van der Waals surface area contributed by atoms with Gasteiger partial charge in [-0.15, -0.1) is 11.8 Å². The van der Waals surface area contributed by atoms with Crippen molar-refractivity contribution in [2.75, 3.05) is 10.6 Å². The van der Waals surface area contributed by atoms with Gasteiger partial charge >= 0.3 is 12.1 Å².